The van der Waals surface area contributed by atoms with Crippen molar-refractivity contribution < 1.29 is 13.9 Å². The number of carbonyl (C=O) groups is 1. The van der Waals surface area contributed by atoms with Gasteiger partial charge in [0.1, 0.15) is 5.82 Å². The predicted molar refractivity (Wildman–Crippen MR) is 57.4 cm³/mol. The molecule has 0 saturated heterocycles. The van der Waals surface area contributed by atoms with Gasteiger partial charge in [-0.3, -0.25) is 4.79 Å². The highest BCUT2D eigenvalue weighted by molar-refractivity contribution is 9.10. The van der Waals surface area contributed by atoms with Crippen LogP contribution in [0.5, 0.6) is 5.75 Å². The molecular formula is C10H9BrFNO2. The van der Waals surface area contributed by atoms with Gasteiger partial charge in [-0.15, -0.1) is 0 Å². The maximum Gasteiger partial charge on any atom is 0.265 e. The van der Waals surface area contributed by atoms with Crippen LogP contribution in [0, 0.1) is 5.82 Å². The maximum atomic E-state index is 13.0. The molecule has 1 N–H and O–H groups in total. The third kappa shape index (κ3) is 1.84. The molecule has 0 fully saturated rings. The summed E-state index contributed by atoms with van der Waals surface area (Å²) < 4.78 is 19.0. The van der Waals surface area contributed by atoms with Gasteiger partial charge in [-0.25, -0.2) is 4.39 Å². The van der Waals surface area contributed by atoms with Gasteiger partial charge in [0.05, 0.1) is 10.2 Å². The summed E-state index contributed by atoms with van der Waals surface area (Å²) in [6.45, 7) is 1.85. The Balaban J connectivity index is 2.45. The zero-order chi connectivity index (χ0) is 11.0. The van der Waals surface area contributed by atoms with E-state index in [2.05, 4.69) is 21.2 Å². The Bertz CT molecular complexity index is 422. The second-order valence-corrected chi connectivity index (χ2v) is 4.12. The summed E-state index contributed by atoms with van der Waals surface area (Å²) in [5, 5.41) is 2.61. The standard InChI is InChI=1S/C10H9BrFNO2/c1-2-8-10(14)13-7-4-5(12)3-6(11)9(7)15-8/h3-4,8H,2H2,1H3,(H,13,14). The van der Waals surface area contributed by atoms with Gasteiger partial charge in [0.2, 0.25) is 0 Å². The maximum absolute atomic E-state index is 13.0. The van der Waals surface area contributed by atoms with Crippen LogP contribution in [-0.4, -0.2) is 12.0 Å². The van der Waals surface area contributed by atoms with Gasteiger partial charge in [-0.2, -0.15) is 0 Å². The molecule has 1 aromatic carbocycles. The van der Waals surface area contributed by atoms with Crippen molar-refractivity contribution in [2.24, 2.45) is 0 Å². The molecule has 1 aliphatic heterocycles. The molecule has 1 amide bonds. The third-order valence-electron chi connectivity index (χ3n) is 2.19. The van der Waals surface area contributed by atoms with Gasteiger partial charge >= 0.3 is 0 Å². The number of hydrogen-bond donors (Lipinski definition) is 1. The molecule has 0 aromatic heterocycles. The zero-order valence-corrected chi connectivity index (χ0v) is 9.60. The molecule has 1 unspecified atom stereocenters. The lowest BCUT2D eigenvalue weighted by molar-refractivity contribution is -0.123. The largest absolute Gasteiger partial charge is 0.477 e. The zero-order valence-electron chi connectivity index (χ0n) is 8.01. The number of rotatable bonds is 1. The molecule has 5 heteroatoms. The van der Waals surface area contributed by atoms with E-state index in [-0.39, 0.29) is 5.91 Å². The fourth-order valence-corrected chi connectivity index (χ4v) is 1.98. The van der Waals surface area contributed by atoms with Crippen molar-refractivity contribution in [3.63, 3.8) is 0 Å². The van der Waals surface area contributed by atoms with Crippen LogP contribution in [0.25, 0.3) is 0 Å². The molecule has 0 radical (unpaired) electrons. The van der Waals surface area contributed by atoms with Gasteiger partial charge < -0.3 is 10.1 Å². The average Bonchev–Trinajstić information content (AvgIpc) is 2.16. The number of halogens is 2. The van der Waals surface area contributed by atoms with Crippen molar-refractivity contribution in [3.8, 4) is 5.75 Å². The first-order chi connectivity index (χ1) is 7.11. The number of carbonyl (C=O) groups excluding carboxylic acids is 1. The van der Waals surface area contributed by atoms with Crippen LogP contribution >= 0.6 is 15.9 Å². The Labute approximate surface area is 94.7 Å². The average molecular weight is 274 g/mol. The van der Waals surface area contributed by atoms with Crippen LogP contribution in [0.4, 0.5) is 10.1 Å². The summed E-state index contributed by atoms with van der Waals surface area (Å²) in [5.74, 6) is -0.162. The molecule has 15 heavy (non-hydrogen) atoms. The molecule has 80 valence electrons. The van der Waals surface area contributed by atoms with E-state index < -0.39 is 11.9 Å². The summed E-state index contributed by atoms with van der Waals surface area (Å²) in [7, 11) is 0. The van der Waals surface area contributed by atoms with Crippen LogP contribution in [-0.2, 0) is 4.79 Å². The molecule has 2 rings (SSSR count). The van der Waals surface area contributed by atoms with E-state index in [0.717, 1.165) is 0 Å². The predicted octanol–water partition coefficient (Wildman–Crippen LogP) is 2.70. The molecule has 1 atom stereocenters. The highest BCUT2D eigenvalue weighted by Gasteiger charge is 2.27. The van der Waals surface area contributed by atoms with Crippen LogP contribution < -0.4 is 10.1 Å². The van der Waals surface area contributed by atoms with E-state index in [1.54, 1.807) is 0 Å². The first-order valence-corrected chi connectivity index (χ1v) is 5.37. The monoisotopic (exact) mass is 273 g/mol. The van der Waals surface area contributed by atoms with Crippen LogP contribution in [0.15, 0.2) is 16.6 Å². The van der Waals surface area contributed by atoms with Crippen LogP contribution in [0.3, 0.4) is 0 Å². The van der Waals surface area contributed by atoms with Crippen molar-refractivity contribution in [1.29, 1.82) is 0 Å². The fraction of sp³-hybridized carbons (Fsp3) is 0.300. The van der Waals surface area contributed by atoms with Crippen molar-refractivity contribution in [2.75, 3.05) is 5.32 Å². The lowest BCUT2D eigenvalue weighted by Gasteiger charge is -2.25. The highest BCUT2D eigenvalue weighted by atomic mass is 79.9. The Hall–Kier alpha value is -1.10. The molecule has 1 aliphatic rings. The number of benzene rings is 1. The minimum absolute atomic E-state index is 0.234. The summed E-state index contributed by atoms with van der Waals surface area (Å²) in [6.07, 6.45) is 0.0778. The first-order valence-electron chi connectivity index (χ1n) is 4.58. The van der Waals surface area contributed by atoms with E-state index in [4.69, 9.17) is 4.74 Å². The van der Waals surface area contributed by atoms with Crippen molar-refractivity contribution >= 4 is 27.5 Å². The lowest BCUT2D eigenvalue weighted by Crippen LogP contribution is -2.36. The quantitative estimate of drug-likeness (QED) is 0.855. The molecule has 1 aromatic rings. The molecule has 1 heterocycles. The molecule has 3 nitrogen and oxygen atoms in total. The smallest absolute Gasteiger partial charge is 0.265 e. The van der Waals surface area contributed by atoms with E-state index in [1.165, 1.54) is 12.1 Å². The molecule has 0 spiro atoms. The number of hydrogen-bond acceptors (Lipinski definition) is 2. The minimum Gasteiger partial charge on any atom is -0.477 e. The third-order valence-corrected chi connectivity index (χ3v) is 2.78. The van der Waals surface area contributed by atoms with Crippen molar-refractivity contribution in [2.45, 2.75) is 19.4 Å². The van der Waals surface area contributed by atoms with E-state index in [0.29, 0.717) is 22.3 Å². The molecule has 0 bridgehead atoms. The number of anilines is 1. The second-order valence-electron chi connectivity index (χ2n) is 3.27. The number of nitrogens with one attached hydrogen (secondary N) is 1. The second kappa shape index (κ2) is 3.81. The topological polar surface area (TPSA) is 38.3 Å². The Kier molecular flexibility index (Phi) is 2.65. The number of amides is 1. The summed E-state index contributed by atoms with van der Waals surface area (Å²) in [6, 6.07) is 2.55. The Morgan fingerprint density at radius 2 is 2.33 bits per heavy atom. The molecular weight excluding hydrogens is 265 g/mol. The Morgan fingerprint density at radius 3 is 3.00 bits per heavy atom. The van der Waals surface area contributed by atoms with Gasteiger partial charge in [-0.1, -0.05) is 6.92 Å². The van der Waals surface area contributed by atoms with Gasteiger partial charge in [0, 0.05) is 6.07 Å². The highest BCUT2D eigenvalue weighted by Crippen LogP contribution is 2.38. The Morgan fingerprint density at radius 1 is 1.60 bits per heavy atom. The van der Waals surface area contributed by atoms with Crippen LogP contribution in [0.1, 0.15) is 13.3 Å². The van der Waals surface area contributed by atoms with Gasteiger partial charge in [0.15, 0.2) is 11.9 Å². The summed E-state index contributed by atoms with van der Waals surface area (Å²) in [5.41, 5.74) is 0.372. The number of ether oxygens (including phenoxy) is 1. The van der Waals surface area contributed by atoms with Gasteiger partial charge in [-0.05, 0) is 28.4 Å². The SMILES string of the molecule is CCC1Oc2c(Br)cc(F)cc2NC1=O. The van der Waals surface area contributed by atoms with E-state index in [9.17, 15) is 9.18 Å². The summed E-state index contributed by atoms with van der Waals surface area (Å²) in [4.78, 5) is 11.4. The van der Waals surface area contributed by atoms with Crippen molar-refractivity contribution in [1.82, 2.24) is 0 Å². The molecule has 0 aliphatic carbocycles. The normalized spacial score (nSPS) is 19.1. The lowest BCUT2D eigenvalue weighted by atomic mass is 10.2. The van der Waals surface area contributed by atoms with Crippen LogP contribution in [0.2, 0.25) is 0 Å². The summed E-state index contributed by atoms with van der Waals surface area (Å²) >= 11 is 3.19. The number of fused-ring (bicyclic) bond motifs is 1. The van der Waals surface area contributed by atoms with E-state index >= 15 is 0 Å². The van der Waals surface area contributed by atoms with E-state index in [1.807, 2.05) is 6.92 Å². The molecule has 0 saturated carbocycles. The van der Waals surface area contributed by atoms with Crippen molar-refractivity contribution in [3.05, 3.63) is 22.4 Å². The first kappa shape index (κ1) is 10.4. The fourth-order valence-electron chi connectivity index (χ4n) is 1.45. The van der Waals surface area contributed by atoms with Gasteiger partial charge in [0.25, 0.3) is 5.91 Å². The minimum atomic E-state index is -0.501.